The molecule has 0 saturated carbocycles. The average molecular weight is 460 g/mol. The van der Waals surface area contributed by atoms with Crippen LogP contribution in [-0.2, 0) is 32.9 Å². The third-order valence-electron chi connectivity index (χ3n) is 4.99. The Kier molecular flexibility index (Phi) is 8.71. The first-order chi connectivity index (χ1) is 14.5. The largest absolute Gasteiger partial charge is 0.490 e. The molecule has 0 aromatic heterocycles. The van der Waals surface area contributed by atoms with Crippen molar-refractivity contribution in [1.29, 1.82) is 0 Å². The van der Waals surface area contributed by atoms with Gasteiger partial charge in [-0.15, -0.1) is 0 Å². The molecule has 0 fully saturated rings. The Bertz CT molecular complexity index is 780. The first-order valence-corrected chi connectivity index (χ1v) is 11.8. The van der Waals surface area contributed by atoms with E-state index in [1.165, 1.54) is 9.34 Å². The van der Waals surface area contributed by atoms with Crippen LogP contribution in [0.3, 0.4) is 0 Å². The topological polar surface area (TPSA) is 115 Å². The molecule has 3 atom stereocenters. The zero-order chi connectivity index (χ0) is 23.3. The summed E-state index contributed by atoms with van der Waals surface area (Å²) in [4.78, 5) is 25.0. The van der Waals surface area contributed by atoms with E-state index in [0.717, 1.165) is 12.0 Å². The van der Waals surface area contributed by atoms with Gasteiger partial charge in [-0.2, -0.15) is 0 Å². The fourth-order valence-electron chi connectivity index (χ4n) is 3.13. The molecule has 1 N–H and O–H groups in total. The molecule has 1 aliphatic heterocycles. The van der Waals surface area contributed by atoms with Crippen LogP contribution in [0.1, 0.15) is 33.1 Å². The van der Waals surface area contributed by atoms with Crippen LogP contribution in [0.2, 0.25) is 0 Å². The first-order valence-electron chi connectivity index (χ1n) is 10.3. The molecule has 176 valence electrons. The predicted molar refractivity (Wildman–Crippen MR) is 113 cm³/mol. The number of esters is 2. The third kappa shape index (κ3) is 5.68. The van der Waals surface area contributed by atoms with Crippen molar-refractivity contribution in [3.05, 3.63) is 23.2 Å². The molecule has 10 nitrogen and oxygen atoms in total. The summed E-state index contributed by atoms with van der Waals surface area (Å²) in [6.45, 7) is 3.54. The van der Waals surface area contributed by atoms with Crippen LogP contribution < -0.4 is 0 Å². The zero-order valence-electron chi connectivity index (χ0n) is 19.0. The van der Waals surface area contributed by atoms with Crippen LogP contribution in [0.15, 0.2) is 23.2 Å². The lowest BCUT2D eigenvalue weighted by molar-refractivity contribution is -0.168. The number of aliphatic hydroxyl groups is 1. The van der Waals surface area contributed by atoms with Crippen LogP contribution in [0, 0.1) is 5.92 Å². The third-order valence-corrected chi connectivity index (χ3v) is 7.44. The van der Waals surface area contributed by atoms with Crippen molar-refractivity contribution < 1.29 is 38.0 Å². The smallest absolute Gasteiger partial charge is 0.395 e. The zero-order valence-corrected chi connectivity index (χ0v) is 19.9. The van der Waals surface area contributed by atoms with Gasteiger partial charge in [-0.1, -0.05) is 25.0 Å². The van der Waals surface area contributed by atoms with Gasteiger partial charge < -0.3 is 23.8 Å². The highest BCUT2D eigenvalue weighted by atomic mass is 31.2. The standard InChI is InChI=1S/C20H33N2O8P/c1-7-8-9-27-17-16(15(12-23)28-19(24)14-10-13(2)11-14)29-20(25)18(17)30-31(26,21(3)4)22(5)6/h10,14-16,23H,7-9,11-12H2,1-6H3. The van der Waals surface area contributed by atoms with E-state index in [0.29, 0.717) is 12.8 Å². The lowest BCUT2D eigenvalue weighted by atomic mass is 9.88. The Hall–Kier alpha value is -1.87. The van der Waals surface area contributed by atoms with E-state index in [2.05, 4.69) is 0 Å². The second-order valence-electron chi connectivity index (χ2n) is 7.98. The van der Waals surface area contributed by atoms with Crippen LogP contribution >= 0.6 is 7.67 Å². The minimum Gasteiger partial charge on any atom is -0.490 e. The van der Waals surface area contributed by atoms with Crippen molar-refractivity contribution in [2.24, 2.45) is 5.92 Å². The molecule has 31 heavy (non-hydrogen) atoms. The van der Waals surface area contributed by atoms with Gasteiger partial charge in [0, 0.05) is 0 Å². The molecule has 1 heterocycles. The Morgan fingerprint density at radius 3 is 2.42 bits per heavy atom. The number of hydrogen-bond donors (Lipinski definition) is 1. The van der Waals surface area contributed by atoms with Gasteiger partial charge in [-0.25, -0.2) is 18.7 Å². The number of aliphatic hydroxyl groups excluding tert-OH is 1. The number of ether oxygens (including phenoxy) is 3. The SMILES string of the molecule is CCCCOC1=C(OP(=O)(N(C)C)N(C)C)C(=O)OC1C(CO)OC(=O)C1C=C(C)C1. The highest BCUT2D eigenvalue weighted by molar-refractivity contribution is 7.54. The normalized spacial score (nSPS) is 22.2. The van der Waals surface area contributed by atoms with Crippen LogP contribution in [0.5, 0.6) is 0 Å². The van der Waals surface area contributed by atoms with Gasteiger partial charge in [0.2, 0.25) is 6.10 Å². The van der Waals surface area contributed by atoms with Gasteiger partial charge in [-0.05, 0) is 48.0 Å². The van der Waals surface area contributed by atoms with E-state index in [4.69, 9.17) is 18.7 Å². The van der Waals surface area contributed by atoms with Gasteiger partial charge in [0.05, 0.1) is 19.1 Å². The number of nitrogens with zero attached hydrogens (tertiary/aromatic N) is 2. The minimum absolute atomic E-state index is 0.0328. The molecule has 0 saturated heterocycles. The summed E-state index contributed by atoms with van der Waals surface area (Å²) in [6.07, 6.45) is 1.51. The quantitative estimate of drug-likeness (QED) is 0.201. The van der Waals surface area contributed by atoms with Crippen molar-refractivity contribution in [1.82, 2.24) is 9.34 Å². The van der Waals surface area contributed by atoms with Crippen molar-refractivity contribution in [2.45, 2.75) is 45.3 Å². The van der Waals surface area contributed by atoms with Gasteiger partial charge in [0.25, 0.3) is 5.76 Å². The number of allylic oxidation sites excluding steroid dienone is 1. The number of carbonyl (C=O) groups is 2. The van der Waals surface area contributed by atoms with Crippen molar-refractivity contribution in [3.63, 3.8) is 0 Å². The van der Waals surface area contributed by atoms with E-state index in [1.54, 1.807) is 34.3 Å². The van der Waals surface area contributed by atoms with Crippen molar-refractivity contribution in [2.75, 3.05) is 41.4 Å². The van der Waals surface area contributed by atoms with E-state index in [-0.39, 0.29) is 18.1 Å². The Labute approximate surface area is 183 Å². The first kappa shape index (κ1) is 25.4. The molecular formula is C20H33N2O8P. The molecule has 0 aromatic carbocycles. The maximum atomic E-state index is 13.3. The van der Waals surface area contributed by atoms with Gasteiger partial charge in [0.1, 0.15) is 0 Å². The molecular weight excluding hydrogens is 427 g/mol. The predicted octanol–water partition coefficient (Wildman–Crippen LogP) is 2.06. The van der Waals surface area contributed by atoms with Crippen LogP contribution in [-0.4, -0.2) is 80.0 Å². The molecule has 2 rings (SSSR count). The number of cyclic esters (lactones) is 1. The minimum atomic E-state index is -3.59. The summed E-state index contributed by atoms with van der Waals surface area (Å²) < 4.78 is 38.2. The van der Waals surface area contributed by atoms with E-state index < -0.39 is 44.3 Å². The Balaban J connectivity index is 2.33. The molecule has 0 radical (unpaired) electrons. The second kappa shape index (κ2) is 10.6. The second-order valence-corrected chi connectivity index (χ2v) is 10.7. The highest BCUT2D eigenvalue weighted by Crippen LogP contribution is 2.54. The number of unbranched alkanes of at least 4 members (excludes halogenated alkanes) is 1. The monoisotopic (exact) mass is 460 g/mol. The molecule has 1 aliphatic carbocycles. The van der Waals surface area contributed by atoms with Gasteiger partial charge in [-0.3, -0.25) is 4.79 Å². The van der Waals surface area contributed by atoms with Gasteiger partial charge in [0.15, 0.2) is 11.9 Å². The molecule has 0 bridgehead atoms. The maximum Gasteiger partial charge on any atom is 0.395 e. The molecule has 3 unspecified atom stereocenters. The van der Waals surface area contributed by atoms with E-state index in [9.17, 15) is 19.3 Å². The van der Waals surface area contributed by atoms with Crippen molar-refractivity contribution >= 4 is 19.6 Å². The average Bonchev–Trinajstić information content (AvgIpc) is 2.98. The molecule has 0 aromatic rings. The van der Waals surface area contributed by atoms with E-state index >= 15 is 0 Å². The molecule has 2 aliphatic rings. The summed E-state index contributed by atoms with van der Waals surface area (Å²) in [6, 6.07) is 0. The summed E-state index contributed by atoms with van der Waals surface area (Å²) >= 11 is 0. The lowest BCUT2D eigenvalue weighted by Gasteiger charge is -2.29. The van der Waals surface area contributed by atoms with Crippen LogP contribution in [0.25, 0.3) is 0 Å². The fourth-order valence-corrected chi connectivity index (χ4v) is 4.58. The summed E-state index contributed by atoms with van der Waals surface area (Å²) in [5, 5.41) is 9.86. The van der Waals surface area contributed by atoms with Crippen molar-refractivity contribution in [3.8, 4) is 0 Å². The summed E-state index contributed by atoms with van der Waals surface area (Å²) in [5.41, 5.74) is 1.08. The number of hydrogen-bond acceptors (Lipinski definition) is 8. The Morgan fingerprint density at radius 2 is 1.94 bits per heavy atom. The van der Waals surface area contributed by atoms with Crippen LogP contribution in [0.4, 0.5) is 0 Å². The summed E-state index contributed by atoms with van der Waals surface area (Å²) in [5.74, 6) is -2.18. The van der Waals surface area contributed by atoms with E-state index in [1.807, 2.05) is 13.8 Å². The number of carbonyl (C=O) groups excluding carboxylic acids is 2. The molecule has 11 heteroatoms. The fraction of sp³-hybridized carbons (Fsp3) is 0.700. The lowest BCUT2D eigenvalue weighted by Crippen LogP contribution is -2.39. The number of rotatable bonds is 12. The molecule has 0 spiro atoms. The summed E-state index contributed by atoms with van der Waals surface area (Å²) in [7, 11) is 2.65. The van der Waals surface area contributed by atoms with Gasteiger partial charge >= 0.3 is 19.6 Å². The Morgan fingerprint density at radius 1 is 1.32 bits per heavy atom. The maximum absolute atomic E-state index is 13.3. The molecule has 0 amide bonds. The highest BCUT2D eigenvalue weighted by Gasteiger charge is 2.48.